The van der Waals surface area contributed by atoms with Gasteiger partial charge in [0.1, 0.15) is 11.6 Å². The Bertz CT molecular complexity index is 375. The van der Waals surface area contributed by atoms with Crippen LogP contribution in [0.25, 0.3) is 0 Å². The van der Waals surface area contributed by atoms with Gasteiger partial charge in [-0.25, -0.2) is 9.59 Å². The van der Waals surface area contributed by atoms with Gasteiger partial charge in [0, 0.05) is 13.0 Å². The first-order valence-corrected chi connectivity index (χ1v) is 6.19. The molecule has 0 radical (unpaired) electrons. The highest BCUT2D eigenvalue weighted by Gasteiger charge is 2.29. The van der Waals surface area contributed by atoms with Gasteiger partial charge in [0.05, 0.1) is 6.54 Å². The quantitative estimate of drug-likeness (QED) is 0.780. The van der Waals surface area contributed by atoms with Crippen molar-refractivity contribution < 1.29 is 24.2 Å². The number of likely N-dealkylation sites (tertiary alicyclic amines) is 1. The predicted octanol–water partition coefficient (Wildman–Crippen LogP) is 0.587. The van der Waals surface area contributed by atoms with Gasteiger partial charge in [0.2, 0.25) is 5.91 Å². The molecular formula is C12H20N2O5. The first-order valence-electron chi connectivity index (χ1n) is 6.19. The molecule has 0 unspecified atom stereocenters. The normalized spacial score (nSPS) is 17.2. The fourth-order valence-electron chi connectivity index (χ4n) is 1.75. The molecule has 0 saturated carbocycles. The molecule has 0 bridgehead atoms. The first kappa shape index (κ1) is 15.3. The number of hydrogen-bond acceptors (Lipinski definition) is 4. The van der Waals surface area contributed by atoms with Crippen molar-refractivity contribution in [1.29, 1.82) is 0 Å². The van der Waals surface area contributed by atoms with Gasteiger partial charge in [-0.15, -0.1) is 0 Å². The van der Waals surface area contributed by atoms with Crippen LogP contribution in [0.1, 0.15) is 33.6 Å². The van der Waals surface area contributed by atoms with Crippen LogP contribution in [0.4, 0.5) is 4.79 Å². The van der Waals surface area contributed by atoms with Crippen LogP contribution in [0.15, 0.2) is 0 Å². The van der Waals surface area contributed by atoms with Crippen LogP contribution in [0, 0.1) is 0 Å². The van der Waals surface area contributed by atoms with Gasteiger partial charge in [-0.3, -0.25) is 4.79 Å². The van der Waals surface area contributed by atoms with Crippen LogP contribution in [0.2, 0.25) is 0 Å². The summed E-state index contributed by atoms with van der Waals surface area (Å²) in [7, 11) is 0. The van der Waals surface area contributed by atoms with Crippen molar-refractivity contribution in [2.45, 2.75) is 45.3 Å². The van der Waals surface area contributed by atoms with E-state index in [-0.39, 0.29) is 12.5 Å². The molecule has 1 heterocycles. The van der Waals surface area contributed by atoms with E-state index in [0.29, 0.717) is 13.0 Å². The Morgan fingerprint density at radius 1 is 1.47 bits per heavy atom. The summed E-state index contributed by atoms with van der Waals surface area (Å²) >= 11 is 0. The number of carbonyl (C=O) groups is 3. The first-order chi connectivity index (χ1) is 8.69. The average Bonchev–Trinajstić information content (AvgIpc) is 2.60. The van der Waals surface area contributed by atoms with Gasteiger partial charge >= 0.3 is 12.1 Å². The molecule has 0 spiro atoms. The van der Waals surface area contributed by atoms with Crippen LogP contribution in [0.3, 0.4) is 0 Å². The van der Waals surface area contributed by atoms with Crippen LogP contribution >= 0.6 is 0 Å². The second kappa shape index (κ2) is 5.90. The lowest BCUT2D eigenvalue weighted by atomic mass is 10.2. The number of hydrogen-bond donors (Lipinski definition) is 2. The molecule has 1 aliphatic heterocycles. The van der Waals surface area contributed by atoms with Crippen molar-refractivity contribution >= 4 is 18.0 Å². The molecule has 108 valence electrons. The van der Waals surface area contributed by atoms with Crippen molar-refractivity contribution in [1.82, 2.24) is 10.2 Å². The van der Waals surface area contributed by atoms with E-state index in [0.717, 1.165) is 6.42 Å². The van der Waals surface area contributed by atoms with Crippen LogP contribution in [-0.2, 0) is 14.3 Å². The zero-order valence-corrected chi connectivity index (χ0v) is 11.4. The molecule has 1 fully saturated rings. The topological polar surface area (TPSA) is 95.9 Å². The third-order valence-corrected chi connectivity index (χ3v) is 2.56. The third kappa shape index (κ3) is 5.15. The van der Waals surface area contributed by atoms with E-state index < -0.39 is 23.7 Å². The Labute approximate surface area is 111 Å². The molecule has 0 aromatic rings. The molecule has 2 N–H and O–H groups in total. The Morgan fingerprint density at radius 3 is 2.53 bits per heavy atom. The number of carboxylic acid groups (broad SMARTS) is 1. The fourth-order valence-corrected chi connectivity index (χ4v) is 1.75. The van der Waals surface area contributed by atoms with Gasteiger partial charge in [0.25, 0.3) is 0 Å². The number of rotatable bonds is 4. The molecule has 0 aliphatic carbocycles. The minimum absolute atomic E-state index is 0.0343. The molecule has 1 rings (SSSR count). The number of ether oxygens (including phenoxy) is 1. The lowest BCUT2D eigenvalue weighted by Gasteiger charge is -2.24. The van der Waals surface area contributed by atoms with Gasteiger partial charge in [-0.2, -0.15) is 0 Å². The van der Waals surface area contributed by atoms with Crippen molar-refractivity contribution in [3.8, 4) is 0 Å². The summed E-state index contributed by atoms with van der Waals surface area (Å²) in [6.45, 7) is 5.55. The average molecular weight is 272 g/mol. The van der Waals surface area contributed by atoms with Crippen molar-refractivity contribution in [3.63, 3.8) is 0 Å². The summed E-state index contributed by atoms with van der Waals surface area (Å²) in [5.41, 5.74) is -0.698. The van der Waals surface area contributed by atoms with Crippen LogP contribution < -0.4 is 5.32 Å². The second-order valence-electron chi connectivity index (χ2n) is 5.48. The lowest BCUT2D eigenvalue weighted by Crippen LogP contribution is -2.50. The Hall–Kier alpha value is -1.79. The maximum absolute atomic E-state index is 11.5. The summed E-state index contributed by atoms with van der Waals surface area (Å²) in [6, 6.07) is -1.16. The number of nitrogens with one attached hydrogen (secondary N) is 1. The maximum Gasteiger partial charge on any atom is 0.408 e. The zero-order valence-electron chi connectivity index (χ0n) is 11.4. The molecule has 0 aromatic carbocycles. The molecule has 0 aromatic heterocycles. The van der Waals surface area contributed by atoms with Gasteiger partial charge < -0.3 is 20.1 Å². The summed E-state index contributed by atoms with van der Waals surface area (Å²) in [6.07, 6.45) is 0.350. The zero-order chi connectivity index (χ0) is 14.6. The molecule has 7 nitrogen and oxygen atoms in total. The minimum Gasteiger partial charge on any atom is -0.480 e. The molecule has 1 saturated heterocycles. The minimum atomic E-state index is -1.19. The number of alkyl carbamates (subject to hydrolysis) is 1. The number of nitrogens with zero attached hydrogens (tertiary/aromatic N) is 1. The van der Waals surface area contributed by atoms with Crippen molar-refractivity contribution in [3.05, 3.63) is 0 Å². The van der Waals surface area contributed by atoms with E-state index in [9.17, 15) is 14.4 Å². The molecule has 19 heavy (non-hydrogen) atoms. The smallest absolute Gasteiger partial charge is 0.408 e. The molecule has 7 heteroatoms. The fraction of sp³-hybridized carbons (Fsp3) is 0.750. The lowest BCUT2D eigenvalue weighted by molar-refractivity contribution is -0.140. The summed E-state index contributed by atoms with van der Waals surface area (Å²) in [4.78, 5) is 35.5. The van der Waals surface area contributed by atoms with E-state index in [1.54, 1.807) is 20.8 Å². The van der Waals surface area contributed by atoms with Gasteiger partial charge in [-0.1, -0.05) is 0 Å². The SMILES string of the molecule is CC(C)(C)OC(=O)N[C@H](CN1CCCC1=O)C(=O)O. The maximum atomic E-state index is 11.5. The highest BCUT2D eigenvalue weighted by molar-refractivity contribution is 5.82. The number of aliphatic carboxylic acids is 1. The van der Waals surface area contributed by atoms with E-state index in [2.05, 4.69) is 5.32 Å². The summed E-state index contributed by atoms with van der Waals surface area (Å²) in [5, 5.41) is 11.3. The van der Waals surface area contributed by atoms with Gasteiger partial charge in [0.15, 0.2) is 0 Å². The Kier molecular flexibility index (Phi) is 4.74. The number of carboxylic acids is 1. The van der Waals surface area contributed by atoms with E-state index >= 15 is 0 Å². The highest BCUT2D eigenvalue weighted by Crippen LogP contribution is 2.11. The summed E-state index contributed by atoms with van der Waals surface area (Å²) in [5.74, 6) is -1.28. The predicted molar refractivity (Wildman–Crippen MR) is 66.6 cm³/mol. The van der Waals surface area contributed by atoms with E-state index in [1.165, 1.54) is 4.90 Å². The molecule has 2 amide bonds. The monoisotopic (exact) mass is 272 g/mol. The number of carbonyl (C=O) groups excluding carboxylic acids is 2. The van der Waals surface area contributed by atoms with E-state index in [1.807, 2.05) is 0 Å². The molecule has 1 atom stereocenters. The standard InChI is InChI=1S/C12H20N2O5/c1-12(2,3)19-11(18)13-8(10(16)17)7-14-6-4-5-9(14)15/h8H,4-7H2,1-3H3,(H,13,18)(H,16,17)/t8-/m1/s1. The van der Waals surface area contributed by atoms with E-state index in [4.69, 9.17) is 9.84 Å². The second-order valence-corrected chi connectivity index (χ2v) is 5.48. The van der Waals surface area contributed by atoms with Crippen molar-refractivity contribution in [2.75, 3.05) is 13.1 Å². The van der Waals surface area contributed by atoms with Crippen LogP contribution in [-0.4, -0.2) is 52.7 Å². The molecular weight excluding hydrogens is 252 g/mol. The van der Waals surface area contributed by atoms with Crippen molar-refractivity contribution in [2.24, 2.45) is 0 Å². The third-order valence-electron chi connectivity index (χ3n) is 2.56. The largest absolute Gasteiger partial charge is 0.480 e. The Morgan fingerprint density at radius 2 is 2.11 bits per heavy atom. The molecule has 1 aliphatic rings. The Balaban J connectivity index is 2.56. The summed E-state index contributed by atoms with van der Waals surface area (Å²) < 4.78 is 4.99. The highest BCUT2D eigenvalue weighted by atomic mass is 16.6. The van der Waals surface area contributed by atoms with Crippen LogP contribution in [0.5, 0.6) is 0 Å². The van der Waals surface area contributed by atoms with Gasteiger partial charge in [-0.05, 0) is 27.2 Å². The number of amides is 2.